The van der Waals surface area contributed by atoms with Crippen LogP contribution in [-0.4, -0.2) is 20.7 Å². The van der Waals surface area contributed by atoms with E-state index in [1.54, 1.807) is 0 Å². The molecular formula is C27H33NOSi2. The summed E-state index contributed by atoms with van der Waals surface area (Å²) < 4.78 is 8.67. The molecule has 4 heteroatoms. The van der Waals surface area contributed by atoms with Crippen LogP contribution in [0.4, 0.5) is 0 Å². The molecule has 1 aromatic heterocycles. The number of rotatable bonds is 6. The van der Waals surface area contributed by atoms with Gasteiger partial charge in [-0.3, -0.25) is 0 Å². The Balaban J connectivity index is 1.82. The quantitative estimate of drug-likeness (QED) is 0.319. The largest absolute Gasteiger partial charge is 0.489 e. The highest BCUT2D eigenvalue weighted by Crippen LogP contribution is 2.26. The van der Waals surface area contributed by atoms with Crippen LogP contribution in [-0.2, 0) is 6.61 Å². The molecule has 0 bridgehead atoms. The van der Waals surface area contributed by atoms with E-state index < -0.39 is 16.1 Å². The Hall–Kier alpha value is -2.57. The molecule has 4 rings (SSSR count). The first kappa shape index (κ1) is 21.7. The second kappa shape index (κ2) is 8.17. The van der Waals surface area contributed by atoms with Crippen LogP contribution < -0.4 is 15.2 Å². The molecule has 0 aliphatic heterocycles. The third-order valence-corrected chi connectivity index (χ3v) is 9.69. The summed E-state index contributed by atoms with van der Waals surface area (Å²) in [7, 11) is -3.07. The third-order valence-electron chi connectivity index (χ3n) is 5.74. The van der Waals surface area contributed by atoms with Crippen molar-refractivity contribution in [3.8, 4) is 11.4 Å². The smallest absolute Gasteiger partial charge is 0.120 e. The van der Waals surface area contributed by atoms with Crippen LogP contribution in [0.1, 0.15) is 5.56 Å². The van der Waals surface area contributed by atoms with Crippen LogP contribution in [0.25, 0.3) is 16.6 Å². The molecule has 0 amide bonds. The Morgan fingerprint density at radius 2 is 1.39 bits per heavy atom. The Kier molecular flexibility index (Phi) is 5.71. The minimum Gasteiger partial charge on any atom is -0.489 e. The molecule has 0 atom stereocenters. The first-order chi connectivity index (χ1) is 14.6. The van der Waals surface area contributed by atoms with E-state index in [-0.39, 0.29) is 0 Å². The summed E-state index contributed by atoms with van der Waals surface area (Å²) in [5.41, 5.74) is 3.81. The van der Waals surface area contributed by atoms with Crippen molar-refractivity contribution in [2.75, 3.05) is 0 Å². The zero-order valence-electron chi connectivity index (χ0n) is 19.6. The summed E-state index contributed by atoms with van der Waals surface area (Å²) in [6, 6.07) is 28.3. The first-order valence-corrected chi connectivity index (χ1v) is 18.1. The lowest BCUT2D eigenvalue weighted by atomic mass is 10.2. The van der Waals surface area contributed by atoms with Crippen molar-refractivity contribution in [2.45, 2.75) is 45.9 Å². The molecule has 0 N–H and O–H groups in total. The number of nitrogens with zero attached hydrogens (tertiary/aromatic N) is 1. The predicted molar refractivity (Wildman–Crippen MR) is 140 cm³/mol. The van der Waals surface area contributed by atoms with Crippen LogP contribution in [0, 0.1) is 0 Å². The fraction of sp³-hybridized carbons (Fsp3) is 0.259. The minimum absolute atomic E-state index is 0.590. The summed E-state index contributed by atoms with van der Waals surface area (Å²) in [4.78, 5) is 0. The summed E-state index contributed by atoms with van der Waals surface area (Å²) in [5, 5.41) is 4.23. The minimum atomic E-state index is -1.58. The standard InChI is InChI=1S/C27H33NOSi2/c1-30(2,3)26-15-11-10-14-25(26)28-24-17-16-23(29-20-21-12-8-7-9-13-21)18-22(24)19-27(28)31(4,5)6/h7-19H,20H2,1-6H3. The Labute approximate surface area is 188 Å². The summed E-state index contributed by atoms with van der Waals surface area (Å²) in [6.45, 7) is 15.2. The van der Waals surface area contributed by atoms with Gasteiger partial charge >= 0.3 is 0 Å². The second-order valence-electron chi connectivity index (χ2n) is 10.4. The molecule has 0 spiro atoms. The van der Waals surface area contributed by atoms with Gasteiger partial charge < -0.3 is 9.30 Å². The summed E-state index contributed by atoms with van der Waals surface area (Å²) in [5.74, 6) is 0.925. The zero-order valence-corrected chi connectivity index (χ0v) is 21.6. The maximum Gasteiger partial charge on any atom is 0.120 e. The molecule has 4 aromatic rings. The van der Waals surface area contributed by atoms with Crippen molar-refractivity contribution in [1.29, 1.82) is 0 Å². The van der Waals surface area contributed by atoms with Gasteiger partial charge in [0.1, 0.15) is 12.4 Å². The van der Waals surface area contributed by atoms with E-state index in [1.165, 1.54) is 32.7 Å². The van der Waals surface area contributed by atoms with Crippen molar-refractivity contribution >= 4 is 37.6 Å². The van der Waals surface area contributed by atoms with E-state index in [0.29, 0.717) is 6.61 Å². The average molecular weight is 444 g/mol. The molecule has 3 aromatic carbocycles. The van der Waals surface area contributed by atoms with Gasteiger partial charge in [0.15, 0.2) is 0 Å². The molecule has 2 nitrogen and oxygen atoms in total. The summed E-state index contributed by atoms with van der Waals surface area (Å²) in [6.07, 6.45) is 0. The average Bonchev–Trinajstić information content (AvgIpc) is 3.11. The Bertz CT molecular complexity index is 1200. The van der Waals surface area contributed by atoms with Crippen molar-refractivity contribution in [3.05, 3.63) is 84.4 Å². The molecule has 0 saturated heterocycles. The zero-order chi connectivity index (χ0) is 22.2. The van der Waals surface area contributed by atoms with Crippen LogP contribution in [0.2, 0.25) is 39.3 Å². The summed E-state index contributed by atoms with van der Waals surface area (Å²) >= 11 is 0. The van der Waals surface area contributed by atoms with Crippen molar-refractivity contribution in [1.82, 2.24) is 4.57 Å². The van der Waals surface area contributed by atoms with Gasteiger partial charge in [-0.2, -0.15) is 0 Å². The van der Waals surface area contributed by atoms with Gasteiger partial charge in [-0.25, -0.2) is 0 Å². The van der Waals surface area contributed by atoms with Gasteiger partial charge in [-0.1, -0.05) is 87.8 Å². The van der Waals surface area contributed by atoms with Gasteiger partial charge in [0, 0.05) is 16.4 Å². The van der Waals surface area contributed by atoms with Gasteiger partial charge in [-0.15, -0.1) is 0 Å². The van der Waals surface area contributed by atoms with Crippen molar-refractivity contribution in [3.63, 3.8) is 0 Å². The lowest BCUT2D eigenvalue weighted by molar-refractivity contribution is 0.306. The monoisotopic (exact) mass is 443 g/mol. The van der Waals surface area contributed by atoms with E-state index in [4.69, 9.17) is 4.74 Å². The molecule has 0 aliphatic carbocycles. The van der Waals surface area contributed by atoms with Gasteiger partial charge in [-0.05, 0) is 41.1 Å². The van der Waals surface area contributed by atoms with Crippen molar-refractivity contribution < 1.29 is 4.74 Å². The molecule has 0 unspecified atom stereocenters. The molecule has 160 valence electrons. The molecule has 31 heavy (non-hydrogen) atoms. The van der Waals surface area contributed by atoms with Gasteiger partial charge in [0.05, 0.1) is 21.7 Å². The maximum absolute atomic E-state index is 6.13. The number of fused-ring (bicyclic) bond motifs is 1. The number of aromatic nitrogens is 1. The van der Waals surface area contributed by atoms with Crippen LogP contribution >= 0.6 is 0 Å². The highest BCUT2D eigenvalue weighted by atomic mass is 28.3. The van der Waals surface area contributed by atoms with E-state index in [9.17, 15) is 0 Å². The lowest BCUT2D eigenvalue weighted by Crippen LogP contribution is -2.46. The highest BCUT2D eigenvalue weighted by Gasteiger charge is 2.27. The van der Waals surface area contributed by atoms with Gasteiger partial charge in [0.2, 0.25) is 0 Å². The predicted octanol–water partition coefficient (Wildman–Crippen LogP) is 6.30. The van der Waals surface area contributed by atoms with Crippen LogP contribution in [0.3, 0.4) is 0 Å². The fourth-order valence-corrected chi connectivity index (χ4v) is 7.20. The Morgan fingerprint density at radius 1 is 0.710 bits per heavy atom. The molecular weight excluding hydrogens is 410 g/mol. The van der Waals surface area contributed by atoms with Crippen molar-refractivity contribution in [2.24, 2.45) is 0 Å². The van der Waals surface area contributed by atoms with E-state index in [0.717, 1.165) is 5.75 Å². The third kappa shape index (κ3) is 4.55. The lowest BCUT2D eigenvalue weighted by Gasteiger charge is -2.26. The Morgan fingerprint density at radius 3 is 2.06 bits per heavy atom. The van der Waals surface area contributed by atoms with E-state index in [2.05, 4.69) is 117 Å². The molecule has 0 saturated carbocycles. The normalized spacial score (nSPS) is 12.3. The highest BCUT2D eigenvalue weighted by molar-refractivity contribution is 6.90. The number of ether oxygens (including phenoxy) is 1. The number of para-hydroxylation sites is 1. The molecule has 0 radical (unpaired) electrons. The molecule has 0 aliphatic rings. The molecule has 0 fully saturated rings. The fourth-order valence-electron chi connectivity index (χ4n) is 4.14. The second-order valence-corrected chi connectivity index (χ2v) is 20.4. The molecule has 1 heterocycles. The van der Waals surface area contributed by atoms with Crippen LogP contribution in [0.5, 0.6) is 5.75 Å². The SMILES string of the molecule is C[Si](C)(C)c1ccccc1-n1c([Si](C)(C)C)cc2cc(OCc3ccccc3)ccc21. The van der Waals surface area contributed by atoms with E-state index >= 15 is 0 Å². The topological polar surface area (TPSA) is 14.2 Å². The number of hydrogen-bond acceptors (Lipinski definition) is 1. The first-order valence-electron chi connectivity index (χ1n) is 11.1. The number of hydrogen-bond donors (Lipinski definition) is 0. The van der Waals surface area contributed by atoms with Crippen LogP contribution in [0.15, 0.2) is 78.9 Å². The maximum atomic E-state index is 6.13. The van der Waals surface area contributed by atoms with Gasteiger partial charge in [0.25, 0.3) is 0 Å². The number of benzene rings is 3. The van der Waals surface area contributed by atoms with E-state index in [1.807, 2.05) is 6.07 Å².